The number of hydrogen-bond donors (Lipinski definition) is 2. The Balaban J connectivity index is 0.936. The lowest BCUT2D eigenvalue weighted by atomic mass is 9.82. The SMILES string of the molecule is Nc1ccccc1C(NCN1C2=C(C=C(C3=Cc4c(sc5ccc(-c6ccccc6)cc45)CC3)CC2)C2C=CC=CC21)c1cccc2c3c(sc12)C=CCC3. The van der Waals surface area contributed by atoms with E-state index in [1.165, 1.54) is 80.2 Å². The third kappa shape index (κ3) is 5.63. The predicted molar refractivity (Wildman–Crippen MR) is 235 cm³/mol. The highest BCUT2D eigenvalue weighted by Gasteiger charge is 2.40. The minimum atomic E-state index is -0.0284. The van der Waals surface area contributed by atoms with Crippen molar-refractivity contribution in [2.75, 3.05) is 12.4 Å². The van der Waals surface area contributed by atoms with Gasteiger partial charge in [0.2, 0.25) is 0 Å². The third-order valence-electron chi connectivity index (χ3n) is 12.5. The average Bonchev–Trinajstić information content (AvgIpc) is 3.91. The van der Waals surface area contributed by atoms with E-state index in [1.54, 1.807) is 0 Å². The first-order valence-corrected chi connectivity index (χ1v) is 21.5. The minimum Gasteiger partial charge on any atom is -0.398 e. The van der Waals surface area contributed by atoms with E-state index in [9.17, 15) is 0 Å². The normalized spacial score (nSPS) is 20.3. The molecule has 4 aliphatic carbocycles. The Labute approximate surface area is 331 Å². The molecule has 5 heteroatoms. The van der Waals surface area contributed by atoms with Crippen LogP contribution >= 0.6 is 22.7 Å². The highest BCUT2D eigenvalue weighted by Crippen LogP contribution is 2.48. The monoisotopic (exact) mass is 749 g/mol. The van der Waals surface area contributed by atoms with E-state index in [-0.39, 0.29) is 6.04 Å². The molecule has 3 heterocycles. The molecular weight excluding hydrogens is 707 g/mol. The lowest BCUT2D eigenvalue weighted by molar-refractivity contribution is 0.259. The van der Waals surface area contributed by atoms with Gasteiger partial charge in [0.15, 0.2) is 0 Å². The molecule has 1 aliphatic heterocycles. The summed E-state index contributed by atoms with van der Waals surface area (Å²) in [6, 6.07) is 33.4. The first kappa shape index (κ1) is 33.2. The fourth-order valence-corrected chi connectivity index (χ4v) is 12.3. The molecule has 0 saturated carbocycles. The van der Waals surface area contributed by atoms with Gasteiger partial charge in [0.25, 0.3) is 0 Å². The molecule has 2 aromatic heterocycles. The van der Waals surface area contributed by atoms with E-state index >= 15 is 0 Å². The molecule has 3 nitrogen and oxygen atoms in total. The van der Waals surface area contributed by atoms with E-state index in [1.807, 2.05) is 34.8 Å². The van der Waals surface area contributed by atoms with Crippen molar-refractivity contribution in [1.82, 2.24) is 10.2 Å². The van der Waals surface area contributed by atoms with Gasteiger partial charge in [-0.3, -0.25) is 5.32 Å². The maximum absolute atomic E-state index is 6.77. The molecule has 270 valence electrons. The number of fused-ring (bicyclic) bond motifs is 8. The topological polar surface area (TPSA) is 41.3 Å². The number of allylic oxidation sites excluding steroid dienone is 7. The summed E-state index contributed by atoms with van der Waals surface area (Å²) in [6.45, 7) is 0.748. The average molecular weight is 750 g/mol. The summed E-state index contributed by atoms with van der Waals surface area (Å²) >= 11 is 3.92. The van der Waals surface area contributed by atoms with Gasteiger partial charge in [-0.15, -0.1) is 22.7 Å². The second-order valence-electron chi connectivity index (χ2n) is 15.5. The number of nitrogens with one attached hydrogen (secondary N) is 1. The Hall–Kier alpha value is -5.20. The molecule has 0 fully saturated rings. The summed E-state index contributed by atoms with van der Waals surface area (Å²) in [5.74, 6) is 0.353. The number of thiophene rings is 2. The zero-order valence-electron chi connectivity index (χ0n) is 30.8. The summed E-state index contributed by atoms with van der Waals surface area (Å²) in [4.78, 5) is 5.59. The number of nitrogen functional groups attached to an aromatic ring is 1. The first-order valence-electron chi connectivity index (χ1n) is 19.8. The van der Waals surface area contributed by atoms with Crippen LogP contribution in [0.1, 0.15) is 63.7 Å². The molecule has 4 aromatic carbocycles. The largest absolute Gasteiger partial charge is 0.398 e. The van der Waals surface area contributed by atoms with E-state index in [2.05, 4.69) is 138 Å². The van der Waals surface area contributed by atoms with E-state index in [0.717, 1.165) is 56.4 Å². The maximum Gasteiger partial charge on any atom is 0.0693 e. The second-order valence-corrected chi connectivity index (χ2v) is 17.7. The molecule has 11 rings (SSSR count). The summed E-state index contributed by atoms with van der Waals surface area (Å²) in [6.07, 6.45) is 25.7. The standard InChI is InChI=1S/C50H43N3S2/c51-43-18-7-4-15-38(43)49(39-17-10-16-37-36-14-6-9-20-46(36)55-50(37)39)52-30-53-44-19-8-5-13-35(44)40-27-33(21-24-45(40)53)34-23-26-48-42(29-34)41-28-32(22-25-47(41)54-48)31-11-2-1-3-12-31/h1-5,7-13,15-20,22,25,27-29,35,44,49,52H,6,14,21,23-24,26,30,51H2. The van der Waals surface area contributed by atoms with Gasteiger partial charge in [-0.2, -0.15) is 0 Å². The Bertz CT molecular complexity index is 2700. The van der Waals surface area contributed by atoms with Gasteiger partial charge in [-0.05, 0) is 124 Å². The van der Waals surface area contributed by atoms with Crippen LogP contribution in [0.15, 0.2) is 150 Å². The van der Waals surface area contributed by atoms with Crippen molar-refractivity contribution in [2.24, 2.45) is 5.92 Å². The van der Waals surface area contributed by atoms with Gasteiger partial charge in [0, 0.05) is 41.8 Å². The van der Waals surface area contributed by atoms with Gasteiger partial charge in [0.05, 0.1) is 18.8 Å². The fraction of sp³-hybridized carbons (Fsp3) is 0.200. The number of rotatable bonds is 7. The molecule has 3 atom stereocenters. The molecular formula is C50H43N3S2. The van der Waals surface area contributed by atoms with Gasteiger partial charge in [-0.1, -0.05) is 109 Å². The van der Waals surface area contributed by atoms with Crippen molar-refractivity contribution in [3.8, 4) is 11.1 Å². The van der Waals surface area contributed by atoms with Crippen LogP contribution in [-0.4, -0.2) is 17.6 Å². The van der Waals surface area contributed by atoms with Crippen LogP contribution in [0.4, 0.5) is 5.69 Å². The van der Waals surface area contributed by atoms with Crippen LogP contribution in [-0.2, 0) is 12.8 Å². The van der Waals surface area contributed by atoms with Gasteiger partial charge < -0.3 is 10.6 Å². The number of anilines is 1. The highest BCUT2D eigenvalue weighted by molar-refractivity contribution is 7.20. The van der Waals surface area contributed by atoms with Crippen LogP contribution in [0.5, 0.6) is 0 Å². The fourth-order valence-electron chi connectivity index (χ4n) is 9.82. The Morgan fingerprint density at radius 1 is 0.745 bits per heavy atom. The molecule has 0 saturated heterocycles. The lowest BCUT2D eigenvalue weighted by Crippen LogP contribution is -2.41. The first-order chi connectivity index (χ1) is 27.2. The third-order valence-corrected chi connectivity index (χ3v) is 15.0. The molecule has 0 amide bonds. The van der Waals surface area contributed by atoms with E-state index < -0.39 is 0 Å². The second kappa shape index (κ2) is 13.5. The van der Waals surface area contributed by atoms with Crippen LogP contribution in [0.3, 0.4) is 0 Å². The number of para-hydroxylation sites is 1. The summed E-state index contributed by atoms with van der Waals surface area (Å²) < 4.78 is 2.77. The maximum atomic E-state index is 6.77. The van der Waals surface area contributed by atoms with Crippen LogP contribution in [0.25, 0.3) is 43.5 Å². The van der Waals surface area contributed by atoms with E-state index in [4.69, 9.17) is 5.73 Å². The molecule has 5 aliphatic rings. The van der Waals surface area contributed by atoms with E-state index in [0.29, 0.717) is 12.0 Å². The Kier molecular flexibility index (Phi) is 8.15. The van der Waals surface area contributed by atoms with Crippen molar-refractivity contribution < 1.29 is 0 Å². The Morgan fingerprint density at radius 3 is 2.51 bits per heavy atom. The van der Waals surface area contributed by atoms with Crippen molar-refractivity contribution in [1.29, 1.82) is 0 Å². The summed E-state index contributed by atoms with van der Waals surface area (Å²) in [7, 11) is 0. The van der Waals surface area contributed by atoms with Crippen LogP contribution in [0, 0.1) is 5.92 Å². The lowest BCUT2D eigenvalue weighted by Gasteiger charge is -2.33. The molecule has 0 radical (unpaired) electrons. The summed E-state index contributed by atoms with van der Waals surface area (Å²) in [5, 5.41) is 6.90. The van der Waals surface area contributed by atoms with Crippen molar-refractivity contribution in [3.63, 3.8) is 0 Å². The predicted octanol–water partition coefficient (Wildman–Crippen LogP) is 12.4. The van der Waals surface area contributed by atoms with Crippen LogP contribution < -0.4 is 11.1 Å². The van der Waals surface area contributed by atoms with Gasteiger partial charge in [-0.25, -0.2) is 0 Å². The molecule has 6 aromatic rings. The van der Waals surface area contributed by atoms with Crippen molar-refractivity contribution in [3.05, 3.63) is 182 Å². The number of benzene rings is 4. The number of hydrogen-bond acceptors (Lipinski definition) is 5. The van der Waals surface area contributed by atoms with Gasteiger partial charge >= 0.3 is 0 Å². The number of nitrogens with zero attached hydrogens (tertiary/aromatic N) is 1. The van der Waals surface area contributed by atoms with Crippen molar-refractivity contribution >= 4 is 60.7 Å². The smallest absolute Gasteiger partial charge is 0.0693 e. The zero-order chi connectivity index (χ0) is 36.5. The minimum absolute atomic E-state index is 0.0284. The zero-order valence-corrected chi connectivity index (χ0v) is 32.4. The molecule has 3 N–H and O–H groups in total. The van der Waals surface area contributed by atoms with Crippen molar-refractivity contribution in [2.45, 2.75) is 50.6 Å². The Morgan fingerprint density at radius 2 is 1.58 bits per heavy atom. The number of aryl methyl sites for hydroxylation is 2. The summed E-state index contributed by atoms with van der Waals surface area (Å²) in [5.41, 5.74) is 21.6. The molecule has 55 heavy (non-hydrogen) atoms. The van der Waals surface area contributed by atoms with Gasteiger partial charge in [0.1, 0.15) is 0 Å². The van der Waals surface area contributed by atoms with Crippen LogP contribution in [0.2, 0.25) is 0 Å². The number of nitrogens with two attached hydrogens (primary N) is 1. The quantitative estimate of drug-likeness (QED) is 0.160. The highest BCUT2D eigenvalue weighted by atomic mass is 32.1. The molecule has 0 bridgehead atoms. The molecule has 0 spiro atoms. The molecule has 3 unspecified atom stereocenters.